The number of rotatable bonds is 3. The van der Waals surface area contributed by atoms with Crippen LogP contribution in [0.2, 0.25) is 5.02 Å². The van der Waals surface area contributed by atoms with E-state index in [1.165, 1.54) is 6.20 Å². The molecule has 1 unspecified atom stereocenters. The summed E-state index contributed by atoms with van der Waals surface area (Å²) in [4.78, 5) is 16.2. The van der Waals surface area contributed by atoms with Crippen LogP contribution < -0.4 is 10.9 Å². The molecule has 7 nitrogen and oxygen atoms in total. The van der Waals surface area contributed by atoms with E-state index in [0.29, 0.717) is 11.9 Å². The lowest BCUT2D eigenvalue weighted by atomic mass is 9.93. The summed E-state index contributed by atoms with van der Waals surface area (Å²) in [7, 11) is 0. The van der Waals surface area contributed by atoms with E-state index in [0.717, 1.165) is 47.3 Å². The molecule has 1 aliphatic rings. The maximum atomic E-state index is 12.7. The summed E-state index contributed by atoms with van der Waals surface area (Å²) in [6.07, 6.45) is 1.66. The molecule has 11 heteroatoms. The molecule has 1 atom stereocenters. The minimum Gasteiger partial charge on any atom is -0.379 e. The number of nitrogens with zero attached hydrogens (tertiary/aromatic N) is 4. The highest BCUT2D eigenvalue weighted by Gasteiger charge is 2.31. The fourth-order valence-corrected chi connectivity index (χ4v) is 3.32. The third kappa shape index (κ3) is 3.47. The molecule has 3 aromatic rings. The minimum absolute atomic E-state index is 0.0489. The van der Waals surface area contributed by atoms with Crippen LogP contribution in [0.5, 0.6) is 0 Å². The number of hydrogen-bond donors (Lipinski definition) is 2. The molecule has 0 saturated carbocycles. The number of aromatic nitrogens is 5. The molecule has 28 heavy (non-hydrogen) atoms. The Kier molecular flexibility index (Phi) is 4.58. The molecule has 0 spiro atoms. The highest BCUT2D eigenvalue weighted by Crippen LogP contribution is 2.29. The van der Waals surface area contributed by atoms with Gasteiger partial charge < -0.3 is 5.32 Å². The summed E-state index contributed by atoms with van der Waals surface area (Å²) in [6, 6.07) is 1.97. The molecular weight excluding hydrogens is 397 g/mol. The predicted molar refractivity (Wildman–Crippen MR) is 95.7 cm³/mol. The zero-order valence-corrected chi connectivity index (χ0v) is 15.1. The van der Waals surface area contributed by atoms with E-state index in [2.05, 4.69) is 25.6 Å². The Morgan fingerprint density at radius 3 is 2.79 bits per heavy atom. The van der Waals surface area contributed by atoms with Crippen molar-refractivity contribution in [3.8, 4) is 5.82 Å². The first kappa shape index (κ1) is 18.5. The molecule has 0 bridgehead atoms. The summed E-state index contributed by atoms with van der Waals surface area (Å²) in [5.41, 5.74) is 0.997. The molecule has 0 amide bonds. The smallest absolute Gasteiger partial charge is 0.379 e. The van der Waals surface area contributed by atoms with Gasteiger partial charge in [-0.25, -0.2) is 4.98 Å². The Bertz CT molecular complexity index is 1060. The van der Waals surface area contributed by atoms with Crippen LogP contribution in [0.1, 0.15) is 23.2 Å². The van der Waals surface area contributed by atoms with Crippen LogP contribution in [0.25, 0.3) is 5.82 Å². The van der Waals surface area contributed by atoms with Gasteiger partial charge in [-0.05, 0) is 37.0 Å². The van der Waals surface area contributed by atoms with E-state index in [1.807, 2.05) is 0 Å². The van der Waals surface area contributed by atoms with Crippen molar-refractivity contribution in [3.63, 3.8) is 0 Å². The van der Waals surface area contributed by atoms with Crippen molar-refractivity contribution in [1.29, 1.82) is 0 Å². The molecule has 146 valence electrons. The van der Waals surface area contributed by atoms with Gasteiger partial charge in [0.25, 0.3) is 5.56 Å². The van der Waals surface area contributed by atoms with E-state index in [1.54, 1.807) is 6.20 Å². The number of aromatic amines is 1. The van der Waals surface area contributed by atoms with Gasteiger partial charge in [0.1, 0.15) is 5.02 Å². The highest BCUT2D eigenvalue weighted by atomic mass is 35.5. The fourth-order valence-electron chi connectivity index (χ4n) is 3.14. The molecule has 3 heterocycles. The zero-order valence-electron chi connectivity index (χ0n) is 14.3. The zero-order chi connectivity index (χ0) is 19.9. The van der Waals surface area contributed by atoms with Crippen LogP contribution in [0.15, 0.2) is 35.5 Å². The van der Waals surface area contributed by atoms with Crippen LogP contribution in [0, 0.1) is 0 Å². The van der Waals surface area contributed by atoms with Crippen molar-refractivity contribution in [2.75, 3.05) is 5.32 Å². The summed E-state index contributed by atoms with van der Waals surface area (Å²) in [5.74, 6) is -0.0489. The third-order valence-electron chi connectivity index (χ3n) is 4.59. The lowest BCUT2D eigenvalue weighted by Gasteiger charge is -2.24. The number of alkyl halides is 3. The van der Waals surface area contributed by atoms with Gasteiger partial charge in [-0.3, -0.25) is 9.89 Å². The van der Waals surface area contributed by atoms with Crippen LogP contribution in [-0.2, 0) is 19.0 Å². The highest BCUT2D eigenvalue weighted by molar-refractivity contribution is 6.32. The third-order valence-corrected chi connectivity index (χ3v) is 4.95. The van der Waals surface area contributed by atoms with Crippen molar-refractivity contribution in [2.24, 2.45) is 0 Å². The second-order valence-corrected chi connectivity index (χ2v) is 6.83. The molecule has 4 rings (SSSR count). The standard InChI is InChI=1S/C17H14ClF3N6O/c18-15-13(25-11-2-3-12-9(5-11)6-23-26-12)8-24-27(16(15)28)14-4-1-10(7-22-14)17(19,20)21/h1,4,6-8,11,25H,2-3,5H2,(H,23,26). The summed E-state index contributed by atoms with van der Waals surface area (Å²) in [6.45, 7) is 0. The van der Waals surface area contributed by atoms with Crippen molar-refractivity contribution in [2.45, 2.75) is 31.5 Å². The topological polar surface area (TPSA) is 88.5 Å². The van der Waals surface area contributed by atoms with E-state index in [4.69, 9.17) is 11.6 Å². The number of fused-ring (bicyclic) bond motifs is 1. The van der Waals surface area contributed by atoms with Gasteiger partial charge in [0.05, 0.1) is 23.6 Å². The second-order valence-electron chi connectivity index (χ2n) is 6.45. The Labute approximate surface area is 161 Å². The van der Waals surface area contributed by atoms with Gasteiger partial charge in [-0.2, -0.15) is 28.1 Å². The number of hydrogen-bond acceptors (Lipinski definition) is 5. The van der Waals surface area contributed by atoms with Crippen LogP contribution in [0.4, 0.5) is 18.9 Å². The Morgan fingerprint density at radius 2 is 2.07 bits per heavy atom. The summed E-state index contributed by atoms with van der Waals surface area (Å²) >= 11 is 6.19. The van der Waals surface area contributed by atoms with Gasteiger partial charge in [0, 0.05) is 17.9 Å². The van der Waals surface area contributed by atoms with Crippen molar-refractivity contribution >= 4 is 17.3 Å². The SMILES string of the molecule is O=c1c(Cl)c(NC2CCc3[nH]ncc3C2)cnn1-c1ccc(C(F)(F)F)cn1. The maximum absolute atomic E-state index is 12.7. The summed E-state index contributed by atoms with van der Waals surface area (Å²) in [5, 5.41) is 14.1. The van der Waals surface area contributed by atoms with E-state index >= 15 is 0 Å². The van der Waals surface area contributed by atoms with E-state index in [-0.39, 0.29) is 16.9 Å². The first-order valence-electron chi connectivity index (χ1n) is 8.42. The minimum atomic E-state index is -4.51. The molecule has 0 saturated heterocycles. The lowest BCUT2D eigenvalue weighted by molar-refractivity contribution is -0.137. The average molecular weight is 411 g/mol. The second kappa shape index (κ2) is 6.93. The van der Waals surface area contributed by atoms with Crippen molar-refractivity contribution < 1.29 is 13.2 Å². The van der Waals surface area contributed by atoms with Crippen LogP contribution in [-0.4, -0.2) is 31.0 Å². The fraction of sp³-hybridized carbons (Fsp3) is 0.294. The van der Waals surface area contributed by atoms with E-state index < -0.39 is 17.3 Å². The van der Waals surface area contributed by atoms with Gasteiger partial charge in [0.15, 0.2) is 5.82 Å². The molecule has 2 N–H and O–H groups in total. The summed E-state index contributed by atoms with van der Waals surface area (Å²) < 4.78 is 38.8. The van der Waals surface area contributed by atoms with Gasteiger partial charge in [-0.1, -0.05) is 11.6 Å². The predicted octanol–water partition coefficient (Wildman–Crippen LogP) is 2.99. The van der Waals surface area contributed by atoms with Gasteiger partial charge in [-0.15, -0.1) is 0 Å². The number of nitrogens with one attached hydrogen (secondary N) is 2. The van der Waals surface area contributed by atoms with Crippen LogP contribution in [0.3, 0.4) is 0 Å². The first-order valence-corrected chi connectivity index (χ1v) is 8.80. The first-order chi connectivity index (χ1) is 13.3. The monoisotopic (exact) mass is 410 g/mol. The normalized spacial score (nSPS) is 16.6. The molecule has 0 radical (unpaired) electrons. The van der Waals surface area contributed by atoms with Gasteiger partial charge >= 0.3 is 6.18 Å². The van der Waals surface area contributed by atoms with Crippen molar-refractivity contribution in [1.82, 2.24) is 25.0 Å². The number of halogens is 4. The van der Waals surface area contributed by atoms with Gasteiger partial charge in [0.2, 0.25) is 0 Å². The van der Waals surface area contributed by atoms with Crippen molar-refractivity contribution in [3.05, 3.63) is 62.9 Å². The maximum Gasteiger partial charge on any atom is 0.417 e. The Morgan fingerprint density at radius 1 is 1.25 bits per heavy atom. The molecule has 3 aromatic heterocycles. The number of anilines is 1. The largest absolute Gasteiger partial charge is 0.417 e. The average Bonchev–Trinajstić information content (AvgIpc) is 3.13. The Balaban J connectivity index is 1.56. The molecule has 0 aliphatic heterocycles. The molecular formula is C17H14ClF3N6O. The lowest BCUT2D eigenvalue weighted by Crippen LogP contribution is -2.29. The molecule has 0 aromatic carbocycles. The quantitative estimate of drug-likeness (QED) is 0.693. The number of H-pyrrole nitrogens is 1. The van der Waals surface area contributed by atoms with E-state index in [9.17, 15) is 18.0 Å². The molecule has 0 fully saturated rings. The number of aryl methyl sites for hydroxylation is 1. The molecule has 1 aliphatic carbocycles. The van der Waals surface area contributed by atoms with Crippen LogP contribution >= 0.6 is 11.6 Å². The Hall–Kier alpha value is -2.88. The number of pyridine rings is 1.